The normalized spacial score (nSPS) is 21.1. The fraction of sp³-hybridized carbons (Fsp3) is 0.471. The highest BCUT2D eigenvalue weighted by Gasteiger charge is 2.27. The number of hydrogen-bond acceptors (Lipinski definition) is 3. The van der Waals surface area contributed by atoms with E-state index in [9.17, 15) is 13.2 Å². The van der Waals surface area contributed by atoms with Gasteiger partial charge in [0, 0.05) is 18.5 Å². The first kappa shape index (κ1) is 16.2. The molecule has 5 nitrogen and oxygen atoms in total. The van der Waals surface area contributed by atoms with Gasteiger partial charge in [0.1, 0.15) is 0 Å². The summed E-state index contributed by atoms with van der Waals surface area (Å²) in [4.78, 5) is 12.3. The Morgan fingerprint density at radius 2 is 1.83 bits per heavy atom. The second-order valence-electron chi connectivity index (χ2n) is 6.24. The van der Waals surface area contributed by atoms with Gasteiger partial charge in [-0.2, -0.15) is 0 Å². The minimum absolute atomic E-state index is 0.0578. The van der Waals surface area contributed by atoms with E-state index >= 15 is 0 Å². The van der Waals surface area contributed by atoms with Crippen LogP contribution in [0.15, 0.2) is 41.3 Å². The number of nitrogens with one attached hydrogen (secondary N) is 2. The Labute approximate surface area is 137 Å². The van der Waals surface area contributed by atoms with Crippen LogP contribution in [0.5, 0.6) is 0 Å². The quantitative estimate of drug-likeness (QED) is 0.782. The first-order valence-electron chi connectivity index (χ1n) is 8.08. The van der Waals surface area contributed by atoms with E-state index in [1.807, 2.05) is 0 Å². The average Bonchev–Trinajstić information content (AvgIpc) is 3.37. The number of amides is 1. The molecule has 1 amide bonds. The summed E-state index contributed by atoms with van der Waals surface area (Å²) in [6.45, 7) is 0.426. The van der Waals surface area contributed by atoms with Crippen molar-refractivity contribution >= 4 is 15.9 Å². The second kappa shape index (κ2) is 6.84. The van der Waals surface area contributed by atoms with Crippen molar-refractivity contribution in [3.63, 3.8) is 0 Å². The van der Waals surface area contributed by atoms with Crippen molar-refractivity contribution in [2.75, 3.05) is 0 Å². The number of hydrogen-bond donors (Lipinski definition) is 2. The van der Waals surface area contributed by atoms with Crippen LogP contribution in [0.2, 0.25) is 0 Å². The largest absolute Gasteiger partial charge is 0.352 e. The van der Waals surface area contributed by atoms with Crippen LogP contribution in [0, 0.1) is 5.92 Å². The lowest BCUT2D eigenvalue weighted by Crippen LogP contribution is -2.30. The molecule has 0 aromatic heterocycles. The van der Waals surface area contributed by atoms with Crippen LogP contribution in [0.3, 0.4) is 0 Å². The highest BCUT2D eigenvalue weighted by atomic mass is 32.2. The van der Waals surface area contributed by atoms with Crippen molar-refractivity contribution < 1.29 is 13.2 Å². The first-order chi connectivity index (χ1) is 11.0. The lowest BCUT2D eigenvalue weighted by molar-refractivity contribution is -0.125. The number of benzene rings is 1. The van der Waals surface area contributed by atoms with Gasteiger partial charge >= 0.3 is 0 Å². The maximum absolute atomic E-state index is 12.1. The molecule has 6 heteroatoms. The first-order valence-corrected chi connectivity index (χ1v) is 9.57. The van der Waals surface area contributed by atoms with Gasteiger partial charge in [-0.05, 0) is 49.8 Å². The van der Waals surface area contributed by atoms with Gasteiger partial charge in [0.15, 0.2) is 0 Å². The zero-order valence-electron chi connectivity index (χ0n) is 13.0. The zero-order chi connectivity index (χ0) is 16.3. The fourth-order valence-corrected chi connectivity index (χ4v) is 3.95. The van der Waals surface area contributed by atoms with E-state index < -0.39 is 10.0 Å². The highest BCUT2D eigenvalue weighted by molar-refractivity contribution is 7.89. The van der Waals surface area contributed by atoms with E-state index in [0.29, 0.717) is 6.54 Å². The highest BCUT2D eigenvalue weighted by Crippen LogP contribution is 2.22. The van der Waals surface area contributed by atoms with E-state index in [2.05, 4.69) is 22.2 Å². The van der Waals surface area contributed by atoms with Gasteiger partial charge < -0.3 is 5.32 Å². The standard InChI is InChI=1S/C17H22N2O3S/c20-17(14-4-2-1-3-5-14)18-12-13-6-10-16(11-7-13)23(21,22)19-15-8-9-15/h1-2,6-7,10-11,14-15,19H,3-5,8-9,12H2,(H,18,20). The van der Waals surface area contributed by atoms with Crippen molar-refractivity contribution in [2.45, 2.75) is 49.6 Å². The SMILES string of the molecule is O=C(NCc1ccc(S(=O)(=O)NC2CC2)cc1)C1CC=CCC1. The molecule has 0 spiro atoms. The molecule has 2 aliphatic rings. The predicted octanol–water partition coefficient (Wildman–Crippen LogP) is 2.10. The molecule has 1 unspecified atom stereocenters. The van der Waals surface area contributed by atoms with Gasteiger partial charge in [-0.3, -0.25) is 4.79 Å². The Hall–Kier alpha value is -1.66. The van der Waals surface area contributed by atoms with E-state index in [-0.39, 0.29) is 22.8 Å². The number of rotatable bonds is 6. The molecule has 0 heterocycles. The molecule has 0 radical (unpaired) electrons. The van der Waals surface area contributed by atoms with E-state index in [4.69, 9.17) is 0 Å². The monoisotopic (exact) mass is 334 g/mol. The molecule has 1 aromatic carbocycles. The third kappa shape index (κ3) is 4.42. The molecule has 3 rings (SSSR count). The lowest BCUT2D eigenvalue weighted by atomic mass is 9.93. The summed E-state index contributed by atoms with van der Waals surface area (Å²) < 4.78 is 26.8. The molecule has 0 saturated heterocycles. The molecule has 1 fully saturated rings. The molecular weight excluding hydrogens is 312 g/mol. The summed E-state index contributed by atoms with van der Waals surface area (Å²) in [7, 11) is -3.41. The summed E-state index contributed by atoms with van der Waals surface area (Å²) in [6, 6.07) is 6.79. The van der Waals surface area contributed by atoms with Gasteiger partial charge in [0.2, 0.25) is 15.9 Å². The Morgan fingerprint density at radius 3 is 2.43 bits per heavy atom. The van der Waals surface area contributed by atoms with Crippen molar-refractivity contribution in [1.82, 2.24) is 10.0 Å². The van der Waals surface area contributed by atoms with Gasteiger partial charge in [-0.25, -0.2) is 13.1 Å². The van der Waals surface area contributed by atoms with E-state index in [1.165, 1.54) is 0 Å². The third-order valence-corrected chi connectivity index (χ3v) is 5.78. The topological polar surface area (TPSA) is 75.3 Å². The summed E-state index contributed by atoms with van der Waals surface area (Å²) in [5, 5.41) is 2.93. The summed E-state index contributed by atoms with van der Waals surface area (Å²) in [5.74, 6) is 0.129. The Kier molecular flexibility index (Phi) is 4.82. The maximum atomic E-state index is 12.1. The van der Waals surface area contributed by atoms with Crippen molar-refractivity contribution in [3.8, 4) is 0 Å². The molecular formula is C17H22N2O3S. The van der Waals surface area contributed by atoms with Gasteiger partial charge in [-0.15, -0.1) is 0 Å². The van der Waals surface area contributed by atoms with Gasteiger partial charge in [0.05, 0.1) is 4.90 Å². The van der Waals surface area contributed by atoms with Crippen LogP contribution in [-0.4, -0.2) is 20.4 Å². The van der Waals surface area contributed by atoms with E-state index in [1.54, 1.807) is 24.3 Å². The minimum atomic E-state index is -3.41. The molecule has 2 N–H and O–H groups in total. The van der Waals surface area contributed by atoms with Crippen LogP contribution in [0.25, 0.3) is 0 Å². The van der Waals surface area contributed by atoms with Crippen molar-refractivity contribution in [2.24, 2.45) is 5.92 Å². The van der Waals surface area contributed by atoms with Gasteiger partial charge in [-0.1, -0.05) is 24.3 Å². The Balaban J connectivity index is 1.55. The summed E-state index contributed by atoms with van der Waals surface area (Å²) in [6.07, 6.45) is 8.65. The Bertz CT molecular complexity index is 691. The third-order valence-electron chi connectivity index (χ3n) is 4.24. The molecule has 0 aliphatic heterocycles. The molecule has 1 atom stereocenters. The smallest absolute Gasteiger partial charge is 0.240 e. The van der Waals surface area contributed by atoms with Crippen molar-refractivity contribution in [1.29, 1.82) is 0 Å². The van der Waals surface area contributed by atoms with Crippen LogP contribution < -0.4 is 10.0 Å². The molecule has 2 aliphatic carbocycles. The summed E-state index contributed by atoms with van der Waals surface area (Å²) >= 11 is 0. The Morgan fingerprint density at radius 1 is 1.09 bits per heavy atom. The van der Waals surface area contributed by atoms with Crippen LogP contribution in [0.4, 0.5) is 0 Å². The number of carbonyl (C=O) groups excluding carboxylic acids is 1. The van der Waals surface area contributed by atoms with E-state index in [0.717, 1.165) is 37.7 Å². The van der Waals surface area contributed by atoms with Crippen LogP contribution in [-0.2, 0) is 21.4 Å². The lowest BCUT2D eigenvalue weighted by Gasteiger charge is -2.17. The number of sulfonamides is 1. The molecule has 124 valence electrons. The molecule has 0 bridgehead atoms. The minimum Gasteiger partial charge on any atom is -0.352 e. The second-order valence-corrected chi connectivity index (χ2v) is 7.95. The van der Waals surface area contributed by atoms with Crippen LogP contribution in [0.1, 0.15) is 37.7 Å². The zero-order valence-corrected chi connectivity index (χ0v) is 13.8. The van der Waals surface area contributed by atoms with Gasteiger partial charge in [0.25, 0.3) is 0 Å². The van der Waals surface area contributed by atoms with Crippen molar-refractivity contribution in [3.05, 3.63) is 42.0 Å². The molecule has 23 heavy (non-hydrogen) atoms. The summed E-state index contributed by atoms with van der Waals surface area (Å²) in [5.41, 5.74) is 0.898. The number of allylic oxidation sites excluding steroid dienone is 2. The molecule has 1 aromatic rings. The number of carbonyl (C=O) groups is 1. The average molecular weight is 334 g/mol. The fourth-order valence-electron chi connectivity index (χ4n) is 2.64. The molecule has 1 saturated carbocycles. The maximum Gasteiger partial charge on any atom is 0.240 e. The van der Waals surface area contributed by atoms with Crippen LogP contribution >= 0.6 is 0 Å². The predicted molar refractivity (Wildman–Crippen MR) is 88.1 cm³/mol.